The maximum atomic E-state index is 13.1. The molecule has 0 saturated carbocycles. The van der Waals surface area contributed by atoms with Crippen LogP contribution in [0.5, 0.6) is 0 Å². The van der Waals surface area contributed by atoms with Crippen LogP contribution in [0.15, 0.2) is 48.5 Å². The Balaban J connectivity index is 1.63. The lowest BCUT2D eigenvalue weighted by Crippen LogP contribution is -2.41. The molecule has 3 atom stereocenters. The standard InChI is InChI=1S/C22H27FN2O2/c1-15-12-25(13-22(15,3)14-26)21(27)24-16(2)17-4-6-18(7-5-17)19-8-10-20(23)11-9-19/h4-11,15-16,26H,12-14H2,1-3H3,(H,24,27). The minimum absolute atomic E-state index is 0.0817. The van der Waals surface area contributed by atoms with Gasteiger partial charge in [0.25, 0.3) is 0 Å². The number of halogens is 1. The van der Waals surface area contributed by atoms with Gasteiger partial charge in [0.1, 0.15) is 5.82 Å². The third-order valence-corrected chi connectivity index (χ3v) is 5.81. The van der Waals surface area contributed by atoms with E-state index in [0.717, 1.165) is 16.7 Å². The van der Waals surface area contributed by atoms with Crippen LogP contribution in [0.4, 0.5) is 9.18 Å². The second-order valence-electron chi connectivity index (χ2n) is 7.89. The van der Waals surface area contributed by atoms with Crippen molar-refractivity contribution in [3.8, 4) is 11.1 Å². The Labute approximate surface area is 160 Å². The van der Waals surface area contributed by atoms with Crippen molar-refractivity contribution in [3.05, 3.63) is 59.9 Å². The molecule has 1 aliphatic rings. The molecule has 1 heterocycles. The molecule has 0 aromatic heterocycles. The van der Waals surface area contributed by atoms with E-state index in [1.165, 1.54) is 12.1 Å². The molecule has 2 aromatic rings. The molecule has 144 valence electrons. The van der Waals surface area contributed by atoms with E-state index in [1.54, 1.807) is 17.0 Å². The number of hydrogen-bond acceptors (Lipinski definition) is 2. The Hall–Kier alpha value is -2.40. The predicted octanol–water partition coefficient (Wildman–Crippen LogP) is 4.21. The average molecular weight is 370 g/mol. The van der Waals surface area contributed by atoms with Crippen molar-refractivity contribution >= 4 is 6.03 Å². The van der Waals surface area contributed by atoms with E-state index in [-0.39, 0.29) is 35.8 Å². The van der Waals surface area contributed by atoms with Crippen molar-refractivity contribution in [1.29, 1.82) is 0 Å². The lowest BCUT2D eigenvalue weighted by atomic mass is 9.82. The fourth-order valence-corrected chi connectivity index (χ4v) is 3.53. The zero-order valence-electron chi connectivity index (χ0n) is 16.1. The number of likely N-dealkylation sites (tertiary alicyclic amines) is 1. The van der Waals surface area contributed by atoms with Crippen LogP contribution < -0.4 is 5.32 Å². The summed E-state index contributed by atoms with van der Waals surface area (Å²) in [7, 11) is 0. The number of rotatable bonds is 4. The molecule has 3 unspecified atom stereocenters. The molecule has 1 fully saturated rings. The van der Waals surface area contributed by atoms with Crippen LogP contribution in [0.3, 0.4) is 0 Å². The van der Waals surface area contributed by atoms with Crippen LogP contribution >= 0.6 is 0 Å². The molecule has 0 spiro atoms. The first kappa shape index (κ1) is 19.4. The highest BCUT2D eigenvalue weighted by Gasteiger charge is 2.41. The van der Waals surface area contributed by atoms with Gasteiger partial charge in [-0.2, -0.15) is 0 Å². The van der Waals surface area contributed by atoms with E-state index in [9.17, 15) is 14.3 Å². The molecule has 5 heteroatoms. The van der Waals surface area contributed by atoms with E-state index >= 15 is 0 Å². The molecular formula is C22H27FN2O2. The molecule has 0 bridgehead atoms. The third-order valence-electron chi connectivity index (χ3n) is 5.81. The van der Waals surface area contributed by atoms with E-state index in [0.29, 0.717) is 13.1 Å². The van der Waals surface area contributed by atoms with E-state index < -0.39 is 0 Å². The minimum Gasteiger partial charge on any atom is -0.396 e. The molecule has 4 nitrogen and oxygen atoms in total. The fraction of sp³-hybridized carbons (Fsp3) is 0.409. The van der Waals surface area contributed by atoms with Gasteiger partial charge < -0.3 is 15.3 Å². The first-order valence-electron chi connectivity index (χ1n) is 9.34. The quantitative estimate of drug-likeness (QED) is 0.847. The topological polar surface area (TPSA) is 52.6 Å². The second kappa shape index (κ2) is 7.69. The molecule has 2 N–H and O–H groups in total. The van der Waals surface area contributed by atoms with Gasteiger partial charge in [0.05, 0.1) is 12.6 Å². The number of aliphatic hydroxyl groups excluding tert-OH is 1. The smallest absolute Gasteiger partial charge is 0.317 e. The van der Waals surface area contributed by atoms with Crippen LogP contribution in [0.2, 0.25) is 0 Å². The van der Waals surface area contributed by atoms with E-state index in [4.69, 9.17) is 0 Å². The number of amides is 2. The summed E-state index contributed by atoms with van der Waals surface area (Å²) < 4.78 is 13.1. The summed E-state index contributed by atoms with van der Waals surface area (Å²) in [5, 5.41) is 12.7. The Morgan fingerprint density at radius 3 is 2.30 bits per heavy atom. The number of carbonyl (C=O) groups is 1. The summed E-state index contributed by atoms with van der Waals surface area (Å²) in [6.07, 6.45) is 0. The van der Waals surface area contributed by atoms with Crippen molar-refractivity contribution in [1.82, 2.24) is 10.2 Å². The van der Waals surface area contributed by atoms with Crippen molar-refractivity contribution in [3.63, 3.8) is 0 Å². The first-order valence-corrected chi connectivity index (χ1v) is 9.34. The highest BCUT2D eigenvalue weighted by atomic mass is 19.1. The van der Waals surface area contributed by atoms with Crippen molar-refractivity contribution < 1.29 is 14.3 Å². The predicted molar refractivity (Wildman–Crippen MR) is 105 cm³/mol. The highest BCUT2D eigenvalue weighted by molar-refractivity contribution is 5.75. The summed E-state index contributed by atoms with van der Waals surface area (Å²) in [6, 6.07) is 14.1. The summed E-state index contributed by atoms with van der Waals surface area (Å²) in [5.74, 6) is 0.0128. The Morgan fingerprint density at radius 1 is 1.22 bits per heavy atom. The largest absolute Gasteiger partial charge is 0.396 e. The minimum atomic E-state index is -0.250. The van der Waals surface area contributed by atoms with Crippen LogP contribution in [0, 0.1) is 17.2 Å². The Bertz CT molecular complexity index is 791. The normalized spacial score (nSPS) is 23.3. The molecule has 1 aliphatic heterocycles. The van der Waals surface area contributed by atoms with Gasteiger partial charge in [-0.3, -0.25) is 0 Å². The zero-order chi connectivity index (χ0) is 19.6. The van der Waals surface area contributed by atoms with Gasteiger partial charge in [-0.25, -0.2) is 9.18 Å². The number of nitrogens with zero attached hydrogens (tertiary/aromatic N) is 1. The summed E-state index contributed by atoms with van der Waals surface area (Å²) in [5.41, 5.74) is 2.72. The van der Waals surface area contributed by atoms with Gasteiger partial charge in [0.2, 0.25) is 0 Å². The van der Waals surface area contributed by atoms with Crippen molar-refractivity contribution in [2.75, 3.05) is 19.7 Å². The highest BCUT2D eigenvalue weighted by Crippen LogP contribution is 2.35. The number of carbonyl (C=O) groups excluding carboxylic acids is 1. The zero-order valence-corrected chi connectivity index (χ0v) is 16.1. The maximum absolute atomic E-state index is 13.1. The lowest BCUT2D eigenvalue weighted by Gasteiger charge is -2.25. The number of hydrogen-bond donors (Lipinski definition) is 2. The summed E-state index contributed by atoms with van der Waals surface area (Å²) >= 11 is 0. The van der Waals surface area contributed by atoms with Crippen molar-refractivity contribution in [2.24, 2.45) is 11.3 Å². The number of aliphatic hydroxyl groups is 1. The monoisotopic (exact) mass is 370 g/mol. The Kier molecular flexibility index (Phi) is 5.51. The van der Waals surface area contributed by atoms with E-state index in [2.05, 4.69) is 12.2 Å². The van der Waals surface area contributed by atoms with Crippen LogP contribution in [-0.4, -0.2) is 35.7 Å². The second-order valence-corrected chi connectivity index (χ2v) is 7.89. The summed E-state index contributed by atoms with van der Waals surface area (Å²) in [4.78, 5) is 14.4. The molecule has 2 amide bonds. The van der Waals surface area contributed by atoms with Gasteiger partial charge in [-0.05, 0) is 41.7 Å². The molecule has 0 radical (unpaired) electrons. The van der Waals surface area contributed by atoms with E-state index in [1.807, 2.05) is 38.1 Å². The van der Waals surface area contributed by atoms with Gasteiger partial charge in [0, 0.05) is 18.5 Å². The molecule has 0 aliphatic carbocycles. The number of benzene rings is 2. The number of urea groups is 1. The van der Waals surface area contributed by atoms with Crippen LogP contribution in [-0.2, 0) is 0 Å². The van der Waals surface area contributed by atoms with Crippen molar-refractivity contribution in [2.45, 2.75) is 26.8 Å². The van der Waals surface area contributed by atoms with Gasteiger partial charge in [-0.1, -0.05) is 50.2 Å². The molecule has 3 rings (SSSR count). The van der Waals surface area contributed by atoms with Gasteiger partial charge >= 0.3 is 6.03 Å². The van der Waals surface area contributed by atoms with Crippen LogP contribution in [0.1, 0.15) is 32.4 Å². The molecular weight excluding hydrogens is 343 g/mol. The SMILES string of the molecule is CC(NC(=O)N1CC(C)C(C)(CO)C1)c1ccc(-c2ccc(F)cc2)cc1. The third kappa shape index (κ3) is 4.14. The lowest BCUT2D eigenvalue weighted by molar-refractivity contribution is 0.118. The molecule has 2 aromatic carbocycles. The first-order chi connectivity index (χ1) is 12.8. The maximum Gasteiger partial charge on any atom is 0.317 e. The average Bonchev–Trinajstić information content (AvgIpc) is 2.98. The Morgan fingerprint density at radius 2 is 1.78 bits per heavy atom. The number of nitrogens with one attached hydrogen (secondary N) is 1. The molecule has 1 saturated heterocycles. The van der Waals surface area contributed by atoms with Gasteiger partial charge in [0.15, 0.2) is 0 Å². The van der Waals surface area contributed by atoms with Crippen LogP contribution in [0.25, 0.3) is 11.1 Å². The fourth-order valence-electron chi connectivity index (χ4n) is 3.53. The van der Waals surface area contributed by atoms with Gasteiger partial charge in [-0.15, -0.1) is 0 Å². The summed E-state index contributed by atoms with van der Waals surface area (Å²) in [6.45, 7) is 7.34. The molecule has 27 heavy (non-hydrogen) atoms.